The molecule has 9 heteroatoms. The van der Waals surface area contributed by atoms with Crippen molar-refractivity contribution in [1.82, 2.24) is 0 Å². The lowest BCUT2D eigenvalue weighted by Crippen LogP contribution is -2.01. The fourth-order valence-electron chi connectivity index (χ4n) is 3.60. The van der Waals surface area contributed by atoms with Gasteiger partial charge in [-0.1, -0.05) is 0 Å². The van der Waals surface area contributed by atoms with Gasteiger partial charge in [-0.25, -0.2) is 0 Å². The zero-order valence-electron chi connectivity index (χ0n) is 19.0. The molecule has 0 heterocycles. The predicted octanol–water partition coefficient (Wildman–Crippen LogP) is 6.89. The highest BCUT2D eigenvalue weighted by atomic mass is 127. The highest BCUT2D eigenvalue weighted by Crippen LogP contribution is 2.50. The smallest absolute Gasteiger partial charge is 0.174 e. The number of hydrogen-bond acceptors (Lipinski definition) is 6. The third-order valence-electron chi connectivity index (χ3n) is 5.11. The Morgan fingerprint density at radius 2 is 1.06 bits per heavy atom. The van der Waals surface area contributed by atoms with Crippen molar-refractivity contribution < 1.29 is 28.4 Å². The van der Waals surface area contributed by atoms with Crippen LogP contribution in [0.1, 0.15) is 0 Å². The van der Waals surface area contributed by atoms with Gasteiger partial charge in [-0.15, -0.1) is 0 Å². The van der Waals surface area contributed by atoms with E-state index in [2.05, 4.69) is 73.8 Å². The van der Waals surface area contributed by atoms with Crippen molar-refractivity contribution in [2.45, 2.75) is 0 Å². The average Bonchev–Trinajstić information content (AvgIpc) is 2.82. The van der Waals surface area contributed by atoms with Crippen LogP contribution in [0.25, 0.3) is 22.3 Å². The summed E-state index contributed by atoms with van der Waals surface area (Å²) in [4.78, 5) is 0. The van der Waals surface area contributed by atoms with Gasteiger partial charge in [0.2, 0.25) is 0 Å². The summed E-state index contributed by atoms with van der Waals surface area (Å²) in [7, 11) is 9.81. The molecule has 0 aromatic heterocycles. The molecule has 6 nitrogen and oxygen atoms in total. The summed E-state index contributed by atoms with van der Waals surface area (Å²) >= 11 is 6.86. The monoisotopic (exact) mass is 788 g/mol. The van der Waals surface area contributed by atoms with Crippen LogP contribution in [0.2, 0.25) is 0 Å². The highest BCUT2D eigenvalue weighted by Gasteiger charge is 2.25. The van der Waals surface area contributed by atoms with Crippen LogP contribution in [0.4, 0.5) is 0 Å². The average molecular weight is 788 g/mol. The normalized spacial score (nSPS) is 10.6. The van der Waals surface area contributed by atoms with Gasteiger partial charge in [0.25, 0.3) is 0 Å². The fraction of sp³-hybridized carbons (Fsp3) is 0.250. The molecule has 0 saturated heterocycles. The van der Waals surface area contributed by atoms with Gasteiger partial charge in [-0.05, 0) is 109 Å². The van der Waals surface area contributed by atoms with E-state index in [0.29, 0.717) is 34.5 Å². The Kier molecular flexibility index (Phi) is 9.06. The van der Waals surface area contributed by atoms with Crippen molar-refractivity contribution in [3.05, 3.63) is 41.0 Å². The van der Waals surface area contributed by atoms with E-state index in [-0.39, 0.29) is 0 Å². The van der Waals surface area contributed by atoms with Crippen LogP contribution >= 0.6 is 67.8 Å². The first-order valence-electron chi connectivity index (χ1n) is 9.63. The summed E-state index contributed by atoms with van der Waals surface area (Å²) in [5, 5.41) is 0. The second kappa shape index (κ2) is 11.4. The van der Waals surface area contributed by atoms with Crippen LogP contribution in [-0.2, 0) is 0 Å². The Hall–Kier alpha value is -1.35. The van der Waals surface area contributed by atoms with Gasteiger partial charge in [0.1, 0.15) is 0 Å². The summed E-state index contributed by atoms with van der Waals surface area (Å²) in [6.45, 7) is 0. The van der Waals surface area contributed by atoms with Gasteiger partial charge in [-0.3, -0.25) is 0 Å². The minimum absolute atomic E-state index is 0.640. The van der Waals surface area contributed by atoms with Crippen molar-refractivity contribution in [1.29, 1.82) is 0 Å². The minimum Gasteiger partial charge on any atom is -0.493 e. The van der Waals surface area contributed by atoms with Crippen LogP contribution in [0.5, 0.6) is 34.5 Å². The Morgan fingerprint density at radius 1 is 0.515 bits per heavy atom. The maximum absolute atomic E-state index is 5.73. The number of hydrogen-bond donors (Lipinski definition) is 0. The van der Waals surface area contributed by atoms with Crippen molar-refractivity contribution in [3.63, 3.8) is 0 Å². The van der Waals surface area contributed by atoms with Crippen molar-refractivity contribution in [2.75, 3.05) is 42.7 Å². The minimum atomic E-state index is 0.640. The zero-order chi connectivity index (χ0) is 24.3. The topological polar surface area (TPSA) is 55.4 Å². The standard InChI is InChI=1S/C24H23I3O6/c1-28-16-8-7-13(20(26)23(16)32-5)19-14(11-18(30-3)24(33-6)21(19)27)12-9-15(25)22(31-4)17(10-12)29-2/h7-11H,1-6H3. The van der Waals surface area contributed by atoms with Crippen molar-refractivity contribution >= 4 is 67.8 Å². The zero-order valence-corrected chi connectivity index (χ0v) is 25.4. The lowest BCUT2D eigenvalue weighted by Gasteiger charge is -2.21. The molecule has 0 atom stereocenters. The van der Waals surface area contributed by atoms with E-state index < -0.39 is 0 Å². The molecule has 0 fully saturated rings. The predicted molar refractivity (Wildman–Crippen MR) is 155 cm³/mol. The van der Waals surface area contributed by atoms with E-state index in [9.17, 15) is 0 Å². The number of benzene rings is 3. The molecule has 0 unspecified atom stereocenters. The Morgan fingerprint density at radius 3 is 1.61 bits per heavy atom. The van der Waals surface area contributed by atoms with Gasteiger partial charge in [0.05, 0.1) is 53.4 Å². The van der Waals surface area contributed by atoms with Crippen molar-refractivity contribution in [3.8, 4) is 56.8 Å². The Balaban J connectivity index is 2.45. The molecule has 0 saturated carbocycles. The molecular formula is C24H23I3O6. The van der Waals surface area contributed by atoms with Gasteiger partial charge in [0.15, 0.2) is 34.5 Å². The van der Waals surface area contributed by atoms with Gasteiger partial charge in [-0.2, -0.15) is 0 Å². The van der Waals surface area contributed by atoms with Crippen LogP contribution in [-0.4, -0.2) is 42.7 Å². The molecule has 3 rings (SSSR count). The molecular weight excluding hydrogens is 765 g/mol. The SMILES string of the molecule is COc1cc(-c2cc(OC)c(OC)c(I)c2-c2ccc(OC)c(OC)c2I)cc(I)c1OC. The second-order valence-electron chi connectivity index (χ2n) is 6.70. The first kappa shape index (κ1) is 26.3. The lowest BCUT2D eigenvalue weighted by atomic mass is 9.93. The summed E-state index contributed by atoms with van der Waals surface area (Å²) in [5.74, 6) is 3.99. The first-order valence-corrected chi connectivity index (χ1v) is 12.9. The van der Waals surface area contributed by atoms with E-state index in [1.807, 2.05) is 24.3 Å². The van der Waals surface area contributed by atoms with E-state index in [0.717, 1.165) is 33.0 Å². The molecule has 0 aliphatic heterocycles. The van der Waals surface area contributed by atoms with E-state index in [1.54, 1.807) is 42.7 Å². The summed E-state index contributed by atoms with van der Waals surface area (Å²) in [6, 6.07) is 9.96. The third-order valence-corrected chi connectivity index (χ3v) is 8.01. The molecule has 0 N–H and O–H groups in total. The maximum atomic E-state index is 5.73. The van der Waals surface area contributed by atoms with Gasteiger partial charge < -0.3 is 28.4 Å². The Bertz CT molecular complexity index is 1180. The third kappa shape index (κ3) is 4.90. The molecule has 0 spiro atoms. The van der Waals surface area contributed by atoms with E-state index in [4.69, 9.17) is 28.4 Å². The van der Waals surface area contributed by atoms with Gasteiger partial charge >= 0.3 is 0 Å². The van der Waals surface area contributed by atoms with E-state index in [1.165, 1.54) is 0 Å². The molecule has 0 radical (unpaired) electrons. The number of methoxy groups -OCH3 is 6. The molecule has 0 bridgehead atoms. The molecule has 3 aromatic rings. The molecule has 3 aromatic carbocycles. The molecule has 0 amide bonds. The Labute approximate surface area is 234 Å². The fourth-order valence-corrected chi connectivity index (χ4v) is 6.42. The quantitative estimate of drug-likeness (QED) is 0.232. The largest absolute Gasteiger partial charge is 0.493 e. The van der Waals surface area contributed by atoms with Crippen LogP contribution < -0.4 is 28.4 Å². The number of halogens is 3. The summed E-state index contributed by atoms with van der Waals surface area (Å²) < 4.78 is 36.5. The molecule has 176 valence electrons. The molecule has 33 heavy (non-hydrogen) atoms. The lowest BCUT2D eigenvalue weighted by molar-refractivity contribution is 0.352. The van der Waals surface area contributed by atoms with Crippen molar-refractivity contribution in [2.24, 2.45) is 0 Å². The second-order valence-corrected chi connectivity index (χ2v) is 10.0. The number of rotatable bonds is 8. The maximum Gasteiger partial charge on any atom is 0.174 e. The highest BCUT2D eigenvalue weighted by molar-refractivity contribution is 14.1. The summed E-state index contributed by atoms with van der Waals surface area (Å²) in [5.41, 5.74) is 3.89. The van der Waals surface area contributed by atoms with Crippen LogP contribution in [0.15, 0.2) is 30.3 Å². The van der Waals surface area contributed by atoms with Crippen LogP contribution in [0, 0.1) is 10.7 Å². The number of ether oxygens (including phenoxy) is 6. The molecule has 0 aliphatic rings. The van der Waals surface area contributed by atoms with Crippen LogP contribution in [0.3, 0.4) is 0 Å². The molecule has 0 aliphatic carbocycles. The summed E-state index contributed by atoms with van der Waals surface area (Å²) in [6.07, 6.45) is 0. The van der Waals surface area contributed by atoms with E-state index >= 15 is 0 Å². The van der Waals surface area contributed by atoms with Gasteiger partial charge in [0, 0.05) is 11.1 Å². The first-order chi connectivity index (χ1) is 15.9.